The molecule has 0 aliphatic carbocycles. The number of nitrogens with zero attached hydrogens (tertiary/aromatic N) is 2. The van der Waals surface area contributed by atoms with Crippen molar-refractivity contribution < 1.29 is 0 Å². The molecule has 0 atom stereocenters. The van der Waals surface area contributed by atoms with E-state index < -0.39 is 0 Å². The lowest BCUT2D eigenvalue weighted by Crippen LogP contribution is -2.38. The zero-order chi connectivity index (χ0) is 12.2. The summed E-state index contributed by atoms with van der Waals surface area (Å²) >= 11 is 0. The predicted octanol–water partition coefficient (Wildman–Crippen LogP) is 1.29. The number of hydrogen-bond acceptors (Lipinski definition) is 2. The van der Waals surface area contributed by atoms with Crippen LogP contribution in [0.1, 0.15) is 32.6 Å². The standard InChI is InChI=1S/C12H28N4/c1-5-6-7-9-14-12(13-2)15-10-8-11-16(3)4/h5-11H2,1-4H3,(H2,13,14,15). The van der Waals surface area contributed by atoms with Crippen LogP contribution in [0, 0.1) is 0 Å². The summed E-state index contributed by atoms with van der Waals surface area (Å²) < 4.78 is 0. The monoisotopic (exact) mass is 228 g/mol. The highest BCUT2D eigenvalue weighted by Gasteiger charge is 1.96. The van der Waals surface area contributed by atoms with Crippen molar-refractivity contribution in [3.8, 4) is 0 Å². The first-order valence-electron chi connectivity index (χ1n) is 6.30. The van der Waals surface area contributed by atoms with Crippen LogP contribution < -0.4 is 10.6 Å². The van der Waals surface area contributed by atoms with Crippen LogP contribution >= 0.6 is 0 Å². The molecule has 4 heteroatoms. The van der Waals surface area contributed by atoms with Gasteiger partial charge in [-0.15, -0.1) is 0 Å². The highest BCUT2D eigenvalue weighted by Crippen LogP contribution is 1.90. The third-order valence-electron chi connectivity index (χ3n) is 2.37. The molecule has 0 saturated carbocycles. The molecule has 0 fully saturated rings. The number of aliphatic imine (C=N–C) groups is 1. The SMILES string of the molecule is CCCCCNC(=NC)NCCCN(C)C. The Labute approximate surface area is 101 Å². The van der Waals surface area contributed by atoms with Crippen molar-refractivity contribution in [2.24, 2.45) is 4.99 Å². The number of rotatable bonds is 8. The minimum atomic E-state index is 0.926. The summed E-state index contributed by atoms with van der Waals surface area (Å²) in [6.07, 6.45) is 4.90. The maximum absolute atomic E-state index is 4.18. The van der Waals surface area contributed by atoms with Crippen molar-refractivity contribution in [2.75, 3.05) is 40.8 Å². The molecular formula is C12H28N4. The van der Waals surface area contributed by atoms with E-state index in [4.69, 9.17) is 0 Å². The molecular weight excluding hydrogens is 200 g/mol. The Kier molecular flexibility index (Phi) is 10.2. The van der Waals surface area contributed by atoms with E-state index in [9.17, 15) is 0 Å². The molecule has 0 amide bonds. The topological polar surface area (TPSA) is 39.7 Å². The summed E-state index contributed by atoms with van der Waals surface area (Å²) in [5.41, 5.74) is 0. The van der Waals surface area contributed by atoms with Crippen molar-refractivity contribution in [3.63, 3.8) is 0 Å². The molecule has 0 rings (SSSR count). The molecule has 96 valence electrons. The van der Waals surface area contributed by atoms with Crippen molar-refractivity contribution in [3.05, 3.63) is 0 Å². The fourth-order valence-corrected chi connectivity index (χ4v) is 1.40. The van der Waals surface area contributed by atoms with E-state index in [0.717, 1.165) is 32.0 Å². The van der Waals surface area contributed by atoms with Gasteiger partial charge in [0.15, 0.2) is 5.96 Å². The molecule has 0 aromatic carbocycles. The third kappa shape index (κ3) is 9.77. The summed E-state index contributed by atoms with van der Waals surface area (Å²) in [4.78, 5) is 6.38. The zero-order valence-corrected chi connectivity index (χ0v) is 11.3. The van der Waals surface area contributed by atoms with Gasteiger partial charge in [0.25, 0.3) is 0 Å². The lowest BCUT2D eigenvalue weighted by molar-refractivity contribution is 0.399. The first-order chi connectivity index (χ1) is 7.70. The number of unbranched alkanes of at least 4 members (excludes halogenated alkanes) is 2. The molecule has 0 aliphatic rings. The summed E-state index contributed by atoms with van der Waals surface area (Å²) in [5.74, 6) is 0.926. The lowest BCUT2D eigenvalue weighted by Gasteiger charge is -2.13. The molecule has 0 bridgehead atoms. The van der Waals surface area contributed by atoms with E-state index in [-0.39, 0.29) is 0 Å². The fourth-order valence-electron chi connectivity index (χ4n) is 1.40. The molecule has 0 heterocycles. The quantitative estimate of drug-likeness (QED) is 0.374. The van der Waals surface area contributed by atoms with Crippen molar-refractivity contribution in [1.29, 1.82) is 0 Å². The van der Waals surface area contributed by atoms with Crippen LogP contribution in [-0.2, 0) is 0 Å². The van der Waals surface area contributed by atoms with Crippen LogP contribution in [0.4, 0.5) is 0 Å². The van der Waals surface area contributed by atoms with E-state index in [0.29, 0.717) is 0 Å². The molecule has 0 unspecified atom stereocenters. The number of nitrogens with one attached hydrogen (secondary N) is 2. The van der Waals surface area contributed by atoms with Crippen LogP contribution in [0.15, 0.2) is 4.99 Å². The van der Waals surface area contributed by atoms with Crippen molar-refractivity contribution in [2.45, 2.75) is 32.6 Å². The molecule has 0 aliphatic heterocycles. The predicted molar refractivity (Wildman–Crippen MR) is 72.1 cm³/mol. The first-order valence-corrected chi connectivity index (χ1v) is 6.30. The molecule has 2 N–H and O–H groups in total. The van der Waals surface area contributed by atoms with Crippen LogP contribution in [0.25, 0.3) is 0 Å². The molecule has 4 nitrogen and oxygen atoms in total. The van der Waals surface area contributed by atoms with Gasteiger partial charge < -0.3 is 15.5 Å². The Bertz CT molecular complexity index is 178. The largest absolute Gasteiger partial charge is 0.356 e. The Morgan fingerprint density at radius 1 is 1.06 bits per heavy atom. The van der Waals surface area contributed by atoms with Gasteiger partial charge in [-0.2, -0.15) is 0 Å². The maximum Gasteiger partial charge on any atom is 0.190 e. The average Bonchev–Trinajstić information content (AvgIpc) is 2.26. The van der Waals surface area contributed by atoms with Gasteiger partial charge in [0.05, 0.1) is 0 Å². The average molecular weight is 228 g/mol. The van der Waals surface area contributed by atoms with Gasteiger partial charge in [-0.3, -0.25) is 4.99 Å². The van der Waals surface area contributed by atoms with Gasteiger partial charge in [-0.25, -0.2) is 0 Å². The highest BCUT2D eigenvalue weighted by atomic mass is 15.2. The highest BCUT2D eigenvalue weighted by molar-refractivity contribution is 5.79. The van der Waals surface area contributed by atoms with Gasteiger partial charge in [0.2, 0.25) is 0 Å². The summed E-state index contributed by atoms with van der Waals surface area (Å²) in [5, 5.41) is 6.63. The minimum absolute atomic E-state index is 0.926. The van der Waals surface area contributed by atoms with Gasteiger partial charge >= 0.3 is 0 Å². The third-order valence-corrected chi connectivity index (χ3v) is 2.37. The maximum atomic E-state index is 4.18. The van der Waals surface area contributed by atoms with Crippen molar-refractivity contribution >= 4 is 5.96 Å². The second-order valence-electron chi connectivity index (χ2n) is 4.29. The summed E-state index contributed by atoms with van der Waals surface area (Å²) in [6, 6.07) is 0. The van der Waals surface area contributed by atoms with E-state index in [1.54, 1.807) is 0 Å². The molecule has 0 saturated heterocycles. The van der Waals surface area contributed by atoms with E-state index >= 15 is 0 Å². The lowest BCUT2D eigenvalue weighted by atomic mass is 10.2. The van der Waals surface area contributed by atoms with Gasteiger partial charge in [-0.1, -0.05) is 19.8 Å². The Morgan fingerprint density at radius 2 is 1.69 bits per heavy atom. The summed E-state index contributed by atoms with van der Waals surface area (Å²) in [6.45, 7) is 5.32. The second-order valence-corrected chi connectivity index (χ2v) is 4.29. The molecule has 0 aromatic heterocycles. The number of guanidine groups is 1. The molecule has 0 spiro atoms. The van der Waals surface area contributed by atoms with Crippen LogP contribution in [0.2, 0.25) is 0 Å². The Hall–Kier alpha value is -0.770. The Morgan fingerprint density at radius 3 is 2.19 bits per heavy atom. The van der Waals surface area contributed by atoms with Crippen LogP contribution in [0.5, 0.6) is 0 Å². The van der Waals surface area contributed by atoms with Gasteiger partial charge in [0.1, 0.15) is 0 Å². The fraction of sp³-hybridized carbons (Fsp3) is 0.917. The molecule has 0 aromatic rings. The van der Waals surface area contributed by atoms with E-state index in [1.165, 1.54) is 19.3 Å². The summed E-state index contributed by atoms with van der Waals surface area (Å²) in [7, 11) is 6.01. The van der Waals surface area contributed by atoms with Crippen LogP contribution in [0.3, 0.4) is 0 Å². The number of hydrogen-bond donors (Lipinski definition) is 2. The van der Waals surface area contributed by atoms with Gasteiger partial charge in [-0.05, 0) is 33.5 Å². The smallest absolute Gasteiger partial charge is 0.190 e. The normalized spacial score (nSPS) is 11.9. The first kappa shape index (κ1) is 15.2. The van der Waals surface area contributed by atoms with Crippen molar-refractivity contribution in [1.82, 2.24) is 15.5 Å². The second kappa shape index (κ2) is 10.7. The Balaban J connectivity index is 3.45. The zero-order valence-electron chi connectivity index (χ0n) is 11.3. The van der Waals surface area contributed by atoms with Gasteiger partial charge in [0, 0.05) is 20.1 Å². The van der Waals surface area contributed by atoms with E-state index in [1.807, 2.05) is 7.05 Å². The van der Waals surface area contributed by atoms with E-state index in [2.05, 4.69) is 41.5 Å². The molecule has 0 radical (unpaired) electrons. The minimum Gasteiger partial charge on any atom is -0.356 e. The molecule has 16 heavy (non-hydrogen) atoms. The van der Waals surface area contributed by atoms with Crippen LogP contribution in [-0.4, -0.2) is 51.6 Å².